The van der Waals surface area contributed by atoms with Crippen molar-refractivity contribution in [1.29, 1.82) is 0 Å². The molecule has 0 unspecified atom stereocenters. The minimum absolute atomic E-state index is 0.130. The Hall–Kier alpha value is -3.02. The van der Waals surface area contributed by atoms with E-state index in [0.29, 0.717) is 34.8 Å². The van der Waals surface area contributed by atoms with E-state index in [-0.39, 0.29) is 18.4 Å². The predicted molar refractivity (Wildman–Crippen MR) is 85.0 cm³/mol. The molecule has 23 heavy (non-hydrogen) atoms. The standard InChI is InChI=1S/C17H16N2O4/c1-2-13(12-5-3-4-6-14(12)20)18-19-17(21)11-7-8-15-16(9-11)23-10-22-15/h3-9,20H,2,10H2,1H3,(H,19,21)/b18-13+. The number of ether oxygens (including phenoxy) is 2. The topological polar surface area (TPSA) is 80.2 Å². The number of amides is 1. The van der Waals surface area contributed by atoms with Crippen molar-refractivity contribution in [2.45, 2.75) is 13.3 Å². The number of nitrogens with zero attached hydrogens (tertiary/aromatic N) is 1. The molecule has 2 N–H and O–H groups in total. The minimum Gasteiger partial charge on any atom is -0.507 e. The van der Waals surface area contributed by atoms with Gasteiger partial charge in [0, 0.05) is 11.1 Å². The third kappa shape index (κ3) is 3.11. The van der Waals surface area contributed by atoms with Crippen molar-refractivity contribution in [3.8, 4) is 17.2 Å². The van der Waals surface area contributed by atoms with Crippen molar-refractivity contribution in [2.24, 2.45) is 5.10 Å². The lowest BCUT2D eigenvalue weighted by atomic mass is 10.1. The zero-order valence-corrected chi connectivity index (χ0v) is 12.6. The van der Waals surface area contributed by atoms with Gasteiger partial charge >= 0.3 is 0 Å². The number of fused-ring (bicyclic) bond motifs is 1. The van der Waals surface area contributed by atoms with Gasteiger partial charge in [-0.25, -0.2) is 5.43 Å². The lowest BCUT2D eigenvalue weighted by Gasteiger charge is -2.07. The van der Waals surface area contributed by atoms with Gasteiger partial charge in [0.25, 0.3) is 5.91 Å². The molecule has 3 rings (SSSR count). The largest absolute Gasteiger partial charge is 0.507 e. The molecule has 6 nitrogen and oxygen atoms in total. The number of phenols is 1. The lowest BCUT2D eigenvalue weighted by Crippen LogP contribution is -2.20. The number of rotatable bonds is 4. The van der Waals surface area contributed by atoms with Crippen molar-refractivity contribution in [2.75, 3.05) is 6.79 Å². The van der Waals surface area contributed by atoms with Crippen molar-refractivity contribution >= 4 is 11.6 Å². The van der Waals surface area contributed by atoms with Gasteiger partial charge in [0.2, 0.25) is 6.79 Å². The summed E-state index contributed by atoms with van der Waals surface area (Å²) < 4.78 is 10.5. The molecule has 0 saturated carbocycles. The Balaban J connectivity index is 1.78. The zero-order chi connectivity index (χ0) is 16.2. The third-order valence-corrected chi connectivity index (χ3v) is 3.48. The summed E-state index contributed by atoms with van der Waals surface area (Å²) in [5.74, 6) is 0.932. The molecule has 0 spiro atoms. The van der Waals surface area contributed by atoms with E-state index in [1.165, 1.54) is 0 Å². The summed E-state index contributed by atoms with van der Waals surface area (Å²) in [5.41, 5.74) is 4.12. The average molecular weight is 312 g/mol. The maximum absolute atomic E-state index is 12.2. The second kappa shape index (κ2) is 6.39. The number of nitrogens with one attached hydrogen (secondary N) is 1. The number of hydrazone groups is 1. The molecule has 0 aliphatic carbocycles. The van der Waals surface area contributed by atoms with Crippen LogP contribution in [0, 0.1) is 0 Å². The molecule has 2 aromatic rings. The molecule has 6 heteroatoms. The monoisotopic (exact) mass is 312 g/mol. The van der Waals surface area contributed by atoms with Gasteiger partial charge in [0.1, 0.15) is 5.75 Å². The number of para-hydroxylation sites is 1. The Labute approximate surface area is 133 Å². The summed E-state index contributed by atoms with van der Waals surface area (Å²) in [6.45, 7) is 2.06. The molecule has 1 aliphatic heterocycles. The van der Waals surface area contributed by atoms with Crippen molar-refractivity contribution in [3.05, 3.63) is 53.6 Å². The number of carbonyl (C=O) groups excluding carboxylic acids is 1. The van der Waals surface area contributed by atoms with E-state index < -0.39 is 0 Å². The summed E-state index contributed by atoms with van der Waals surface area (Å²) in [6.07, 6.45) is 0.568. The molecular weight excluding hydrogens is 296 g/mol. The number of aromatic hydroxyl groups is 1. The predicted octanol–water partition coefficient (Wildman–Crippen LogP) is 2.67. The fourth-order valence-electron chi connectivity index (χ4n) is 2.27. The van der Waals surface area contributed by atoms with Crippen LogP contribution in [0.25, 0.3) is 0 Å². The SMILES string of the molecule is CC/C(=N\NC(=O)c1ccc2c(c1)OCO2)c1ccccc1O. The number of benzene rings is 2. The highest BCUT2D eigenvalue weighted by atomic mass is 16.7. The first-order valence-corrected chi connectivity index (χ1v) is 7.24. The van der Waals surface area contributed by atoms with Crippen molar-refractivity contribution in [1.82, 2.24) is 5.43 Å². The first-order valence-electron chi connectivity index (χ1n) is 7.24. The van der Waals surface area contributed by atoms with E-state index >= 15 is 0 Å². The Bertz CT molecular complexity index is 771. The van der Waals surface area contributed by atoms with Crippen molar-refractivity contribution < 1.29 is 19.4 Å². The van der Waals surface area contributed by atoms with Crippen LogP contribution in [0.2, 0.25) is 0 Å². The maximum Gasteiger partial charge on any atom is 0.271 e. The molecule has 0 radical (unpaired) electrons. The van der Waals surface area contributed by atoms with Gasteiger partial charge in [-0.05, 0) is 36.8 Å². The molecule has 0 fully saturated rings. The summed E-state index contributed by atoms with van der Waals surface area (Å²) in [6, 6.07) is 11.8. The van der Waals surface area contributed by atoms with Crippen LogP contribution in [0.5, 0.6) is 17.2 Å². The van der Waals surface area contributed by atoms with E-state index in [4.69, 9.17) is 9.47 Å². The Morgan fingerprint density at radius 2 is 2.00 bits per heavy atom. The van der Waals surface area contributed by atoms with E-state index in [9.17, 15) is 9.90 Å². The molecule has 0 atom stereocenters. The first-order chi connectivity index (χ1) is 11.2. The van der Waals surface area contributed by atoms with Gasteiger partial charge in [0.05, 0.1) is 5.71 Å². The molecule has 118 valence electrons. The van der Waals surface area contributed by atoms with Gasteiger partial charge in [-0.15, -0.1) is 0 Å². The average Bonchev–Trinajstić information content (AvgIpc) is 3.04. The van der Waals surface area contributed by atoms with Crippen molar-refractivity contribution in [3.63, 3.8) is 0 Å². The van der Waals surface area contributed by atoms with Gasteiger partial charge in [-0.3, -0.25) is 4.79 Å². The molecule has 1 amide bonds. The second-order valence-corrected chi connectivity index (χ2v) is 4.94. The van der Waals surface area contributed by atoms with E-state index in [1.807, 2.05) is 6.92 Å². The normalized spacial score (nSPS) is 13.0. The molecule has 1 aliphatic rings. The van der Waals surface area contributed by atoms with Crippen LogP contribution in [0.4, 0.5) is 0 Å². The quantitative estimate of drug-likeness (QED) is 0.672. The zero-order valence-electron chi connectivity index (χ0n) is 12.6. The Morgan fingerprint density at radius 1 is 1.22 bits per heavy atom. The van der Waals surface area contributed by atoms with Crippen LogP contribution in [-0.2, 0) is 0 Å². The van der Waals surface area contributed by atoms with E-state index in [2.05, 4.69) is 10.5 Å². The third-order valence-electron chi connectivity index (χ3n) is 3.48. The molecule has 0 aromatic heterocycles. The van der Waals surface area contributed by atoms with Gasteiger partial charge in [-0.1, -0.05) is 19.1 Å². The van der Waals surface area contributed by atoms with Gasteiger partial charge in [0.15, 0.2) is 11.5 Å². The number of carbonyl (C=O) groups is 1. The number of hydrogen-bond donors (Lipinski definition) is 2. The van der Waals surface area contributed by atoms with Crippen LogP contribution < -0.4 is 14.9 Å². The second-order valence-electron chi connectivity index (χ2n) is 4.94. The molecule has 2 aromatic carbocycles. The molecular formula is C17H16N2O4. The maximum atomic E-state index is 12.2. The van der Waals surface area contributed by atoms with E-state index in [0.717, 1.165) is 0 Å². The van der Waals surface area contributed by atoms with Crippen LogP contribution >= 0.6 is 0 Å². The molecule has 0 bridgehead atoms. The smallest absolute Gasteiger partial charge is 0.271 e. The minimum atomic E-state index is -0.357. The fourth-order valence-corrected chi connectivity index (χ4v) is 2.27. The lowest BCUT2D eigenvalue weighted by molar-refractivity contribution is 0.0954. The summed E-state index contributed by atoms with van der Waals surface area (Å²) >= 11 is 0. The highest BCUT2D eigenvalue weighted by molar-refractivity contribution is 6.04. The van der Waals surface area contributed by atoms with Crippen LogP contribution in [0.15, 0.2) is 47.6 Å². The highest BCUT2D eigenvalue weighted by Crippen LogP contribution is 2.32. The first kappa shape index (κ1) is 14.9. The van der Waals surface area contributed by atoms with Crippen LogP contribution in [-0.4, -0.2) is 23.5 Å². The number of phenolic OH excluding ortho intramolecular Hbond substituents is 1. The van der Waals surface area contributed by atoms with Crippen LogP contribution in [0.1, 0.15) is 29.3 Å². The summed E-state index contributed by atoms with van der Waals surface area (Å²) in [7, 11) is 0. The summed E-state index contributed by atoms with van der Waals surface area (Å²) in [5, 5.41) is 14.0. The van der Waals surface area contributed by atoms with Gasteiger partial charge in [-0.2, -0.15) is 5.10 Å². The summed E-state index contributed by atoms with van der Waals surface area (Å²) in [4.78, 5) is 12.2. The molecule has 1 heterocycles. The number of hydrogen-bond acceptors (Lipinski definition) is 5. The van der Waals surface area contributed by atoms with E-state index in [1.54, 1.807) is 42.5 Å². The van der Waals surface area contributed by atoms with Gasteiger partial charge < -0.3 is 14.6 Å². The Morgan fingerprint density at radius 3 is 2.78 bits per heavy atom. The Kier molecular flexibility index (Phi) is 4.14. The highest BCUT2D eigenvalue weighted by Gasteiger charge is 2.16. The molecule has 0 saturated heterocycles. The van der Waals surface area contributed by atoms with Crippen LogP contribution in [0.3, 0.4) is 0 Å². The fraction of sp³-hybridized carbons (Fsp3) is 0.176.